The minimum atomic E-state index is -0.826. The van der Waals surface area contributed by atoms with Gasteiger partial charge in [-0.3, -0.25) is 0 Å². The largest absolute Gasteiger partial charge is 0.461 e. The molecule has 0 saturated carbocycles. The van der Waals surface area contributed by atoms with Crippen molar-refractivity contribution < 1.29 is 19.1 Å². The molecule has 1 aromatic rings. The lowest BCUT2D eigenvalue weighted by atomic mass is 10.1. The highest BCUT2D eigenvalue weighted by Gasteiger charge is 2.26. The minimum Gasteiger partial charge on any atom is -0.461 e. The van der Waals surface area contributed by atoms with Gasteiger partial charge in [0.2, 0.25) is 0 Å². The van der Waals surface area contributed by atoms with Crippen LogP contribution in [0.3, 0.4) is 0 Å². The van der Waals surface area contributed by atoms with Crippen molar-refractivity contribution in [3.63, 3.8) is 0 Å². The molecule has 0 heterocycles. The van der Waals surface area contributed by atoms with Gasteiger partial charge in [0.1, 0.15) is 11.6 Å². The first-order chi connectivity index (χ1) is 10.6. The predicted octanol–water partition coefficient (Wildman–Crippen LogP) is 3.73. The molecule has 23 heavy (non-hydrogen) atoms. The van der Waals surface area contributed by atoms with Gasteiger partial charge in [0.25, 0.3) is 0 Å². The van der Waals surface area contributed by atoms with Crippen LogP contribution in [-0.4, -0.2) is 29.8 Å². The molecule has 0 aliphatic rings. The molecule has 0 radical (unpaired) electrons. The maximum absolute atomic E-state index is 12.2. The number of halogens is 1. The Morgan fingerprint density at radius 2 is 1.74 bits per heavy atom. The Hall–Kier alpha value is -1.75. The fourth-order valence-electron chi connectivity index (χ4n) is 1.81. The van der Waals surface area contributed by atoms with E-state index in [4.69, 9.17) is 21.1 Å². The number of benzene rings is 1. The summed E-state index contributed by atoms with van der Waals surface area (Å²) in [7, 11) is 0. The lowest BCUT2D eigenvalue weighted by Crippen LogP contribution is -2.46. The Balaban J connectivity index is 2.82. The Morgan fingerprint density at radius 1 is 1.17 bits per heavy atom. The zero-order valence-electron chi connectivity index (χ0n) is 14.2. The van der Waals surface area contributed by atoms with Gasteiger partial charge in [0, 0.05) is 11.4 Å². The number of carbonyl (C=O) groups excluding carboxylic acids is 2. The normalized spacial score (nSPS) is 12.7. The fourth-order valence-corrected chi connectivity index (χ4v) is 1.94. The Labute approximate surface area is 142 Å². The minimum absolute atomic E-state index is 0.268. The van der Waals surface area contributed by atoms with Gasteiger partial charge in [-0.2, -0.15) is 0 Å². The number of amides is 1. The second kappa shape index (κ2) is 8.20. The van der Waals surface area contributed by atoms with E-state index in [1.54, 1.807) is 58.9 Å². The van der Waals surface area contributed by atoms with Gasteiger partial charge in [-0.25, -0.2) is 9.59 Å². The molecule has 0 fully saturated rings. The molecule has 1 aromatic carbocycles. The summed E-state index contributed by atoms with van der Waals surface area (Å²) < 4.78 is 10.4. The van der Waals surface area contributed by atoms with E-state index < -0.39 is 23.7 Å². The van der Waals surface area contributed by atoms with Gasteiger partial charge in [0.15, 0.2) is 0 Å². The van der Waals surface area contributed by atoms with Crippen LogP contribution in [0.15, 0.2) is 24.3 Å². The number of nitrogens with one attached hydrogen (secondary N) is 1. The van der Waals surface area contributed by atoms with Crippen molar-refractivity contribution in [2.45, 2.75) is 58.8 Å². The predicted molar refractivity (Wildman–Crippen MR) is 89.5 cm³/mol. The van der Waals surface area contributed by atoms with E-state index in [1.807, 2.05) is 0 Å². The molecule has 128 valence electrons. The third kappa shape index (κ3) is 7.88. The standard InChI is InChI=1S/C17H24ClNO4/c1-11(2)22-15(20)14(19-16(21)23-17(3,4)5)10-12-6-8-13(18)9-7-12/h6-9,11,14H,10H2,1-5H3,(H,19,21)/t14-/m0/s1. The first-order valence-corrected chi connectivity index (χ1v) is 7.89. The van der Waals surface area contributed by atoms with E-state index in [1.165, 1.54) is 0 Å². The highest BCUT2D eigenvalue weighted by molar-refractivity contribution is 6.30. The number of hydrogen-bond acceptors (Lipinski definition) is 4. The van der Waals surface area contributed by atoms with E-state index in [2.05, 4.69) is 5.32 Å². The highest BCUT2D eigenvalue weighted by Crippen LogP contribution is 2.13. The molecule has 0 aliphatic carbocycles. The van der Waals surface area contributed by atoms with Crippen molar-refractivity contribution in [3.05, 3.63) is 34.9 Å². The number of alkyl carbamates (subject to hydrolysis) is 1. The first-order valence-electron chi connectivity index (χ1n) is 7.51. The molecule has 0 aromatic heterocycles. The summed E-state index contributed by atoms with van der Waals surface area (Å²) in [6.45, 7) is 8.78. The van der Waals surface area contributed by atoms with Crippen LogP contribution < -0.4 is 5.32 Å². The Morgan fingerprint density at radius 3 is 2.22 bits per heavy atom. The van der Waals surface area contributed by atoms with Crippen molar-refractivity contribution in [2.24, 2.45) is 0 Å². The number of hydrogen-bond donors (Lipinski definition) is 1. The molecule has 5 nitrogen and oxygen atoms in total. The lowest BCUT2D eigenvalue weighted by molar-refractivity contribution is -0.149. The van der Waals surface area contributed by atoms with Crippen LogP contribution in [0.5, 0.6) is 0 Å². The molecular weight excluding hydrogens is 318 g/mol. The van der Waals surface area contributed by atoms with Crippen LogP contribution in [0, 0.1) is 0 Å². The van der Waals surface area contributed by atoms with E-state index in [0.29, 0.717) is 11.4 Å². The number of ether oxygens (including phenoxy) is 2. The van der Waals surface area contributed by atoms with Crippen molar-refractivity contribution >= 4 is 23.7 Å². The van der Waals surface area contributed by atoms with Gasteiger partial charge in [-0.05, 0) is 52.3 Å². The summed E-state index contributed by atoms with van der Waals surface area (Å²) >= 11 is 5.86. The number of carbonyl (C=O) groups is 2. The molecule has 0 unspecified atom stereocenters. The smallest absolute Gasteiger partial charge is 0.408 e. The lowest BCUT2D eigenvalue weighted by Gasteiger charge is -2.23. The molecule has 0 spiro atoms. The van der Waals surface area contributed by atoms with E-state index in [0.717, 1.165) is 5.56 Å². The van der Waals surface area contributed by atoms with Crippen molar-refractivity contribution in [1.29, 1.82) is 0 Å². The molecule has 0 bridgehead atoms. The highest BCUT2D eigenvalue weighted by atomic mass is 35.5. The third-order valence-electron chi connectivity index (χ3n) is 2.68. The summed E-state index contributed by atoms with van der Waals surface area (Å²) in [6, 6.07) is 6.24. The third-order valence-corrected chi connectivity index (χ3v) is 2.93. The maximum atomic E-state index is 12.2. The summed E-state index contributed by atoms with van der Waals surface area (Å²) in [5.41, 5.74) is 0.216. The van der Waals surface area contributed by atoms with Gasteiger partial charge in [-0.1, -0.05) is 23.7 Å². The van der Waals surface area contributed by atoms with Crippen LogP contribution in [0.4, 0.5) is 4.79 Å². The monoisotopic (exact) mass is 341 g/mol. The summed E-state index contributed by atoms with van der Waals surface area (Å²) in [5, 5.41) is 3.18. The van der Waals surface area contributed by atoms with Gasteiger partial charge >= 0.3 is 12.1 Å². The summed E-state index contributed by atoms with van der Waals surface area (Å²) in [6.07, 6.45) is -0.630. The van der Waals surface area contributed by atoms with Crippen LogP contribution in [-0.2, 0) is 20.7 Å². The molecule has 0 saturated heterocycles. The molecule has 1 amide bonds. The van der Waals surface area contributed by atoms with Crippen LogP contribution in [0.25, 0.3) is 0 Å². The molecule has 0 aliphatic heterocycles. The second-order valence-electron chi connectivity index (χ2n) is 6.52. The van der Waals surface area contributed by atoms with Gasteiger partial charge in [-0.15, -0.1) is 0 Å². The summed E-state index contributed by atoms with van der Waals surface area (Å²) in [5.74, 6) is -0.499. The van der Waals surface area contributed by atoms with Gasteiger partial charge in [0.05, 0.1) is 6.10 Å². The molecule has 1 rings (SSSR count). The van der Waals surface area contributed by atoms with Crippen molar-refractivity contribution in [2.75, 3.05) is 0 Å². The summed E-state index contributed by atoms with van der Waals surface area (Å²) in [4.78, 5) is 24.1. The zero-order chi connectivity index (χ0) is 17.6. The number of esters is 1. The molecule has 1 atom stereocenters. The molecule has 6 heteroatoms. The van der Waals surface area contributed by atoms with Crippen molar-refractivity contribution in [1.82, 2.24) is 5.32 Å². The average molecular weight is 342 g/mol. The molecular formula is C17H24ClNO4. The number of rotatable bonds is 5. The topological polar surface area (TPSA) is 64.6 Å². The fraction of sp³-hybridized carbons (Fsp3) is 0.529. The van der Waals surface area contributed by atoms with Crippen LogP contribution >= 0.6 is 11.6 Å². The van der Waals surface area contributed by atoms with Crippen LogP contribution in [0.2, 0.25) is 5.02 Å². The first kappa shape index (κ1) is 19.3. The second-order valence-corrected chi connectivity index (χ2v) is 6.95. The average Bonchev–Trinajstić information content (AvgIpc) is 2.37. The van der Waals surface area contributed by atoms with Gasteiger partial charge < -0.3 is 14.8 Å². The quantitative estimate of drug-likeness (QED) is 0.829. The Kier molecular flexibility index (Phi) is 6.88. The SMILES string of the molecule is CC(C)OC(=O)[C@H](Cc1ccc(Cl)cc1)NC(=O)OC(C)(C)C. The molecule has 1 N–H and O–H groups in total. The van der Waals surface area contributed by atoms with E-state index in [-0.39, 0.29) is 6.10 Å². The van der Waals surface area contributed by atoms with Crippen LogP contribution in [0.1, 0.15) is 40.2 Å². The van der Waals surface area contributed by atoms with E-state index >= 15 is 0 Å². The van der Waals surface area contributed by atoms with Crippen molar-refractivity contribution in [3.8, 4) is 0 Å². The Bertz CT molecular complexity index is 535. The zero-order valence-corrected chi connectivity index (χ0v) is 14.9. The van der Waals surface area contributed by atoms with E-state index in [9.17, 15) is 9.59 Å². The maximum Gasteiger partial charge on any atom is 0.408 e.